The van der Waals surface area contributed by atoms with Crippen LogP contribution in [0.2, 0.25) is 0 Å². The summed E-state index contributed by atoms with van der Waals surface area (Å²) in [7, 11) is 4.79. The lowest BCUT2D eigenvalue weighted by molar-refractivity contribution is -0.132. The van der Waals surface area contributed by atoms with Gasteiger partial charge in [0.25, 0.3) is 5.91 Å². The zero-order valence-corrected chi connectivity index (χ0v) is 17.8. The molecule has 0 aliphatic carbocycles. The summed E-state index contributed by atoms with van der Waals surface area (Å²) < 4.78 is 21.5. The second kappa shape index (κ2) is 9.30. The summed E-state index contributed by atoms with van der Waals surface area (Å²) in [6.45, 7) is 4.06. The van der Waals surface area contributed by atoms with Crippen LogP contribution in [0.25, 0.3) is 11.4 Å². The molecule has 3 aromatic rings. The Bertz CT molecular complexity index is 1030. The first-order valence-electron chi connectivity index (χ1n) is 9.40. The lowest BCUT2D eigenvalue weighted by atomic mass is 10.1. The molecule has 0 unspecified atom stereocenters. The smallest absolute Gasteiger partial charge is 0.260 e. The van der Waals surface area contributed by atoms with Crippen LogP contribution in [0.1, 0.15) is 17.0 Å². The SMILES string of the molecule is COc1ccc(-c2noc(CN(C)C(=O)COc3ccc(C)cc3C)n2)cc1OC. The van der Waals surface area contributed by atoms with Gasteiger partial charge in [0, 0.05) is 12.6 Å². The summed E-state index contributed by atoms with van der Waals surface area (Å²) in [5, 5.41) is 3.99. The first kappa shape index (κ1) is 21.2. The third-order valence-corrected chi connectivity index (χ3v) is 4.59. The van der Waals surface area contributed by atoms with Gasteiger partial charge < -0.3 is 23.6 Å². The van der Waals surface area contributed by atoms with Crippen LogP contribution in [-0.2, 0) is 11.3 Å². The summed E-state index contributed by atoms with van der Waals surface area (Å²) in [4.78, 5) is 18.3. The van der Waals surface area contributed by atoms with Gasteiger partial charge in [0.15, 0.2) is 18.1 Å². The van der Waals surface area contributed by atoms with Crippen molar-refractivity contribution in [2.45, 2.75) is 20.4 Å². The van der Waals surface area contributed by atoms with Crippen LogP contribution in [-0.4, -0.2) is 48.8 Å². The molecule has 0 aliphatic heterocycles. The number of ether oxygens (including phenoxy) is 3. The number of rotatable bonds is 8. The van der Waals surface area contributed by atoms with Crippen LogP contribution in [0.5, 0.6) is 17.2 Å². The summed E-state index contributed by atoms with van der Waals surface area (Å²) in [6.07, 6.45) is 0. The van der Waals surface area contributed by atoms with Gasteiger partial charge in [-0.05, 0) is 43.7 Å². The van der Waals surface area contributed by atoms with Crippen molar-refractivity contribution in [3.8, 4) is 28.6 Å². The van der Waals surface area contributed by atoms with E-state index < -0.39 is 0 Å². The molecular formula is C22H25N3O5. The molecule has 0 radical (unpaired) electrons. The molecule has 1 aromatic heterocycles. The Morgan fingerprint density at radius 3 is 2.47 bits per heavy atom. The molecule has 0 N–H and O–H groups in total. The minimum absolute atomic E-state index is 0.0723. The maximum Gasteiger partial charge on any atom is 0.260 e. The lowest BCUT2D eigenvalue weighted by Gasteiger charge is -2.16. The summed E-state index contributed by atoms with van der Waals surface area (Å²) in [5.41, 5.74) is 2.85. The third-order valence-electron chi connectivity index (χ3n) is 4.59. The van der Waals surface area contributed by atoms with Crippen molar-refractivity contribution in [3.63, 3.8) is 0 Å². The van der Waals surface area contributed by atoms with Gasteiger partial charge >= 0.3 is 0 Å². The van der Waals surface area contributed by atoms with Crippen molar-refractivity contribution in [1.29, 1.82) is 0 Å². The zero-order chi connectivity index (χ0) is 21.7. The molecule has 3 rings (SSSR count). The molecule has 2 aromatic carbocycles. The van der Waals surface area contributed by atoms with E-state index in [1.165, 1.54) is 4.90 Å². The fourth-order valence-corrected chi connectivity index (χ4v) is 2.91. The average molecular weight is 411 g/mol. The quantitative estimate of drug-likeness (QED) is 0.561. The average Bonchev–Trinajstić information content (AvgIpc) is 3.20. The van der Waals surface area contributed by atoms with Crippen molar-refractivity contribution in [3.05, 3.63) is 53.4 Å². The summed E-state index contributed by atoms with van der Waals surface area (Å²) in [6, 6.07) is 11.2. The van der Waals surface area contributed by atoms with Crippen LogP contribution >= 0.6 is 0 Å². The molecule has 1 amide bonds. The Kier molecular flexibility index (Phi) is 6.56. The number of hydrogen-bond donors (Lipinski definition) is 0. The number of aryl methyl sites for hydroxylation is 2. The standard InChI is InChI=1S/C22H25N3O5/c1-14-6-8-17(15(2)10-14)29-13-21(26)25(3)12-20-23-22(24-30-20)16-7-9-18(27-4)19(11-16)28-5/h6-11H,12-13H2,1-5H3. The Labute approximate surface area is 175 Å². The van der Waals surface area contributed by atoms with Crippen LogP contribution in [0.15, 0.2) is 40.9 Å². The second-order valence-electron chi connectivity index (χ2n) is 6.89. The summed E-state index contributed by atoms with van der Waals surface area (Å²) in [5.74, 6) is 2.40. The number of carbonyl (C=O) groups is 1. The minimum Gasteiger partial charge on any atom is -0.493 e. The van der Waals surface area contributed by atoms with Crippen molar-refractivity contribution < 1.29 is 23.5 Å². The van der Waals surface area contributed by atoms with Crippen molar-refractivity contribution in [2.24, 2.45) is 0 Å². The van der Waals surface area contributed by atoms with Crippen LogP contribution < -0.4 is 14.2 Å². The van der Waals surface area contributed by atoms with Gasteiger partial charge in [-0.25, -0.2) is 0 Å². The first-order chi connectivity index (χ1) is 14.4. The summed E-state index contributed by atoms with van der Waals surface area (Å²) >= 11 is 0. The van der Waals surface area contributed by atoms with E-state index in [1.54, 1.807) is 33.4 Å². The molecular weight excluding hydrogens is 386 g/mol. The largest absolute Gasteiger partial charge is 0.493 e. The van der Waals surface area contributed by atoms with E-state index >= 15 is 0 Å². The number of methoxy groups -OCH3 is 2. The van der Waals surface area contributed by atoms with Gasteiger partial charge in [0.2, 0.25) is 11.7 Å². The van der Waals surface area contributed by atoms with Crippen molar-refractivity contribution >= 4 is 5.91 Å². The van der Waals surface area contributed by atoms with Crippen LogP contribution in [0.3, 0.4) is 0 Å². The molecule has 8 nitrogen and oxygen atoms in total. The number of hydrogen-bond acceptors (Lipinski definition) is 7. The maximum absolute atomic E-state index is 12.4. The highest BCUT2D eigenvalue weighted by molar-refractivity contribution is 5.77. The predicted molar refractivity (Wildman–Crippen MR) is 111 cm³/mol. The van der Waals surface area contributed by atoms with E-state index in [1.807, 2.05) is 38.1 Å². The predicted octanol–water partition coefficient (Wildman–Crippen LogP) is 3.41. The van der Waals surface area contributed by atoms with Gasteiger partial charge in [-0.1, -0.05) is 22.9 Å². The molecule has 0 bridgehead atoms. The van der Waals surface area contributed by atoms with Crippen molar-refractivity contribution in [1.82, 2.24) is 15.0 Å². The van der Waals surface area contributed by atoms with Gasteiger partial charge in [-0.15, -0.1) is 0 Å². The Morgan fingerprint density at radius 1 is 1.03 bits per heavy atom. The molecule has 0 saturated carbocycles. The number of amides is 1. The fraction of sp³-hybridized carbons (Fsp3) is 0.318. The second-order valence-corrected chi connectivity index (χ2v) is 6.89. The van der Waals surface area contributed by atoms with E-state index in [2.05, 4.69) is 10.1 Å². The number of nitrogens with zero attached hydrogens (tertiary/aromatic N) is 3. The highest BCUT2D eigenvalue weighted by Crippen LogP contribution is 2.31. The number of benzene rings is 2. The number of likely N-dealkylation sites (N-methyl/N-ethyl adjacent to an activating group) is 1. The van der Waals surface area contributed by atoms with E-state index in [4.69, 9.17) is 18.7 Å². The van der Waals surface area contributed by atoms with E-state index in [0.717, 1.165) is 16.7 Å². The normalized spacial score (nSPS) is 10.6. The molecule has 30 heavy (non-hydrogen) atoms. The topological polar surface area (TPSA) is 86.9 Å². The number of carbonyl (C=O) groups excluding carboxylic acids is 1. The molecule has 0 fully saturated rings. The monoisotopic (exact) mass is 411 g/mol. The van der Waals surface area contributed by atoms with E-state index in [-0.39, 0.29) is 19.1 Å². The van der Waals surface area contributed by atoms with E-state index in [9.17, 15) is 4.79 Å². The van der Waals surface area contributed by atoms with Gasteiger partial charge in [0.1, 0.15) is 5.75 Å². The highest BCUT2D eigenvalue weighted by Gasteiger charge is 2.17. The van der Waals surface area contributed by atoms with Crippen molar-refractivity contribution in [2.75, 3.05) is 27.9 Å². The fourth-order valence-electron chi connectivity index (χ4n) is 2.91. The number of aromatic nitrogens is 2. The molecule has 0 saturated heterocycles. The lowest BCUT2D eigenvalue weighted by Crippen LogP contribution is -2.31. The Morgan fingerprint density at radius 2 is 1.77 bits per heavy atom. The zero-order valence-electron chi connectivity index (χ0n) is 17.8. The van der Waals surface area contributed by atoms with Crippen LogP contribution in [0, 0.1) is 13.8 Å². The van der Waals surface area contributed by atoms with Gasteiger partial charge in [-0.3, -0.25) is 4.79 Å². The third kappa shape index (κ3) is 4.89. The molecule has 0 aliphatic rings. The Balaban J connectivity index is 1.61. The molecule has 0 atom stereocenters. The van der Waals surface area contributed by atoms with Gasteiger partial charge in [-0.2, -0.15) is 4.98 Å². The van der Waals surface area contributed by atoms with Crippen LogP contribution in [0.4, 0.5) is 0 Å². The molecule has 1 heterocycles. The van der Waals surface area contributed by atoms with E-state index in [0.29, 0.717) is 29.0 Å². The maximum atomic E-state index is 12.4. The molecule has 8 heteroatoms. The highest BCUT2D eigenvalue weighted by atomic mass is 16.5. The Hall–Kier alpha value is -3.55. The van der Waals surface area contributed by atoms with Gasteiger partial charge in [0.05, 0.1) is 20.8 Å². The molecule has 0 spiro atoms. The minimum atomic E-state index is -0.194. The molecule has 158 valence electrons. The first-order valence-corrected chi connectivity index (χ1v) is 9.40.